The maximum atomic E-state index is 12.6. The van der Waals surface area contributed by atoms with Gasteiger partial charge in [0.2, 0.25) is 0 Å². The molecule has 1 atom stereocenters. The van der Waals surface area contributed by atoms with Gasteiger partial charge in [-0.05, 0) is 52.9 Å². The van der Waals surface area contributed by atoms with E-state index < -0.39 is 11.7 Å². The van der Waals surface area contributed by atoms with Crippen LogP contribution in [0, 0.1) is 5.92 Å². The van der Waals surface area contributed by atoms with E-state index in [1.54, 1.807) is 0 Å². The van der Waals surface area contributed by atoms with Crippen LogP contribution in [0.5, 0.6) is 0 Å². The molecule has 1 aliphatic carbocycles. The second-order valence-corrected chi connectivity index (χ2v) is 6.08. The fourth-order valence-corrected chi connectivity index (χ4v) is 3.23. The fraction of sp³-hybridized carbons (Fsp3) is 0.571. The molecular weight excluding hydrogens is 333 g/mol. The zero-order chi connectivity index (χ0) is 14.8. The Hall–Kier alpha value is -0.750. The highest BCUT2D eigenvalue weighted by Crippen LogP contribution is 2.35. The molecule has 0 spiro atoms. The van der Waals surface area contributed by atoms with Gasteiger partial charge in [0.25, 0.3) is 0 Å². The predicted molar refractivity (Wildman–Crippen MR) is 77.6 cm³/mol. The zero-order valence-electron chi connectivity index (χ0n) is 11.0. The van der Waals surface area contributed by atoms with Gasteiger partial charge < -0.3 is 11.1 Å². The average Bonchev–Trinajstić information content (AvgIpc) is 2.90. The molecule has 1 fully saturated rings. The van der Waals surface area contributed by atoms with Crippen molar-refractivity contribution in [3.8, 4) is 0 Å². The van der Waals surface area contributed by atoms with E-state index in [-0.39, 0.29) is 6.04 Å². The molecule has 1 aromatic carbocycles. The van der Waals surface area contributed by atoms with E-state index in [0.717, 1.165) is 25.0 Å². The monoisotopic (exact) mass is 350 g/mol. The minimum absolute atomic E-state index is 0.116. The van der Waals surface area contributed by atoms with Crippen molar-refractivity contribution in [2.24, 2.45) is 11.7 Å². The Balaban J connectivity index is 2.12. The number of nitrogens with two attached hydrogens (primary N) is 1. The number of benzene rings is 1. The number of hydrogen-bond acceptors (Lipinski definition) is 2. The molecule has 112 valence electrons. The molecule has 2 rings (SSSR count). The van der Waals surface area contributed by atoms with Crippen LogP contribution in [-0.4, -0.2) is 12.6 Å². The molecule has 3 N–H and O–H groups in total. The quantitative estimate of drug-likeness (QED) is 0.844. The van der Waals surface area contributed by atoms with Crippen molar-refractivity contribution in [1.29, 1.82) is 0 Å². The van der Waals surface area contributed by atoms with E-state index >= 15 is 0 Å². The topological polar surface area (TPSA) is 38.0 Å². The highest BCUT2D eigenvalue weighted by molar-refractivity contribution is 9.10. The summed E-state index contributed by atoms with van der Waals surface area (Å²) in [5.41, 5.74) is 5.81. The molecule has 0 amide bonds. The lowest BCUT2D eigenvalue weighted by atomic mass is 9.98. The molecule has 0 aromatic heterocycles. The third kappa shape index (κ3) is 3.67. The van der Waals surface area contributed by atoms with E-state index in [9.17, 15) is 13.2 Å². The summed E-state index contributed by atoms with van der Waals surface area (Å²) in [6, 6.07) is 3.77. The van der Waals surface area contributed by atoms with Crippen LogP contribution in [0.4, 0.5) is 18.9 Å². The molecule has 1 saturated carbocycles. The Morgan fingerprint density at radius 3 is 2.45 bits per heavy atom. The standard InChI is InChI=1S/C14H18BrF3N2/c15-11-7-10(14(16,17)18)5-6-12(11)20-13(8-19)9-3-1-2-4-9/h5-7,9,13,20H,1-4,8,19H2. The number of halogens is 4. The molecule has 0 aliphatic heterocycles. The first kappa shape index (κ1) is 15.6. The minimum Gasteiger partial charge on any atom is -0.380 e. The van der Waals surface area contributed by atoms with Crippen LogP contribution in [0.25, 0.3) is 0 Å². The molecule has 0 bridgehead atoms. The van der Waals surface area contributed by atoms with Crippen molar-refractivity contribution in [2.45, 2.75) is 37.9 Å². The number of hydrogen-bond donors (Lipinski definition) is 2. The van der Waals surface area contributed by atoms with E-state index in [1.165, 1.54) is 18.9 Å². The lowest BCUT2D eigenvalue weighted by Gasteiger charge is -2.25. The van der Waals surface area contributed by atoms with Crippen LogP contribution >= 0.6 is 15.9 Å². The summed E-state index contributed by atoms with van der Waals surface area (Å²) in [6.45, 7) is 0.484. The van der Waals surface area contributed by atoms with Crippen LogP contribution in [0.3, 0.4) is 0 Å². The summed E-state index contributed by atoms with van der Waals surface area (Å²) in [5.74, 6) is 0.509. The summed E-state index contributed by atoms with van der Waals surface area (Å²) >= 11 is 3.20. The predicted octanol–water partition coefficient (Wildman–Crippen LogP) is 4.40. The third-order valence-electron chi connectivity index (χ3n) is 3.86. The molecule has 0 saturated heterocycles. The third-order valence-corrected chi connectivity index (χ3v) is 4.52. The zero-order valence-corrected chi connectivity index (χ0v) is 12.6. The molecule has 1 aliphatic rings. The SMILES string of the molecule is NCC(Nc1ccc(C(F)(F)F)cc1Br)C1CCCC1. The molecule has 6 heteroatoms. The second-order valence-electron chi connectivity index (χ2n) is 5.22. The Morgan fingerprint density at radius 2 is 1.95 bits per heavy atom. The molecule has 2 nitrogen and oxygen atoms in total. The molecular formula is C14H18BrF3N2. The smallest absolute Gasteiger partial charge is 0.380 e. The first-order chi connectivity index (χ1) is 9.41. The lowest BCUT2D eigenvalue weighted by Crippen LogP contribution is -2.35. The van der Waals surface area contributed by atoms with E-state index in [1.807, 2.05) is 0 Å². The van der Waals surface area contributed by atoms with Crippen LogP contribution in [-0.2, 0) is 6.18 Å². The van der Waals surface area contributed by atoms with Gasteiger partial charge in [0, 0.05) is 22.7 Å². The Labute approximate surface area is 125 Å². The summed E-state index contributed by atoms with van der Waals surface area (Å²) < 4.78 is 38.3. The summed E-state index contributed by atoms with van der Waals surface area (Å²) in [6.07, 6.45) is 0.355. The van der Waals surface area contributed by atoms with Crippen molar-refractivity contribution in [1.82, 2.24) is 0 Å². The summed E-state index contributed by atoms with van der Waals surface area (Å²) in [7, 11) is 0. The summed E-state index contributed by atoms with van der Waals surface area (Å²) in [5, 5.41) is 3.28. The average molecular weight is 351 g/mol. The molecule has 20 heavy (non-hydrogen) atoms. The van der Waals surface area contributed by atoms with E-state index in [0.29, 0.717) is 22.6 Å². The van der Waals surface area contributed by atoms with E-state index in [2.05, 4.69) is 21.2 Å². The van der Waals surface area contributed by atoms with E-state index in [4.69, 9.17) is 5.73 Å². The Kier molecular flexibility index (Phi) is 4.96. The van der Waals surface area contributed by atoms with Gasteiger partial charge in [0.05, 0.1) is 5.56 Å². The fourth-order valence-electron chi connectivity index (χ4n) is 2.74. The van der Waals surface area contributed by atoms with Gasteiger partial charge in [-0.15, -0.1) is 0 Å². The first-order valence-electron chi connectivity index (χ1n) is 6.75. The molecule has 0 radical (unpaired) electrons. The maximum absolute atomic E-state index is 12.6. The van der Waals surface area contributed by atoms with Gasteiger partial charge in [-0.25, -0.2) is 0 Å². The number of anilines is 1. The van der Waals surface area contributed by atoms with Gasteiger partial charge in [0.15, 0.2) is 0 Å². The molecule has 0 heterocycles. The number of alkyl halides is 3. The van der Waals surface area contributed by atoms with Crippen molar-refractivity contribution in [3.63, 3.8) is 0 Å². The number of rotatable bonds is 4. The van der Waals surface area contributed by atoms with Crippen molar-refractivity contribution in [2.75, 3.05) is 11.9 Å². The van der Waals surface area contributed by atoms with Crippen LogP contribution in [0.1, 0.15) is 31.2 Å². The highest BCUT2D eigenvalue weighted by atomic mass is 79.9. The van der Waals surface area contributed by atoms with Crippen molar-refractivity contribution < 1.29 is 13.2 Å². The molecule has 1 unspecified atom stereocenters. The van der Waals surface area contributed by atoms with Gasteiger partial charge >= 0.3 is 6.18 Å². The summed E-state index contributed by atoms with van der Waals surface area (Å²) in [4.78, 5) is 0. The van der Waals surface area contributed by atoms with Gasteiger partial charge in [-0.2, -0.15) is 13.2 Å². The van der Waals surface area contributed by atoms with Gasteiger partial charge in [0.1, 0.15) is 0 Å². The van der Waals surface area contributed by atoms with Crippen molar-refractivity contribution >= 4 is 21.6 Å². The van der Waals surface area contributed by atoms with Crippen LogP contribution < -0.4 is 11.1 Å². The maximum Gasteiger partial charge on any atom is 0.416 e. The first-order valence-corrected chi connectivity index (χ1v) is 7.54. The highest BCUT2D eigenvalue weighted by Gasteiger charge is 2.31. The molecule has 1 aromatic rings. The van der Waals surface area contributed by atoms with Crippen LogP contribution in [0.2, 0.25) is 0 Å². The second kappa shape index (κ2) is 6.35. The minimum atomic E-state index is -4.32. The normalized spacial score (nSPS) is 18.2. The van der Waals surface area contributed by atoms with Gasteiger partial charge in [-0.3, -0.25) is 0 Å². The Bertz CT molecular complexity index is 456. The Morgan fingerprint density at radius 1 is 1.30 bits per heavy atom. The van der Waals surface area contributed by atoms with Crippen molar-refractivity contribution in [3.05, 3.63) is 28.2 Å². The van der Waals surface area contributed by atoms with Gasteiger partial charge in [-0.1, -0.05) is 12.8 Å². The van der Waals surface area contributed by atoms with Crippen LogP contribution in [0.15, 0.2) is 22.7 Å². The largest absolute Gasteiger partial charge is 0.416 e. The lowest BCUT2D eigenvalue weighted by molar-refractivity contribution is -0.137. The number of nitrogens with one attached hydrogen (secondary N) is 1.